The summed E-state index contributed by atoms with van der Waals surface area (Å²) in [6, 6.07) is 6.24. The third kappa shape index (κ3) is 3.11. The molecule has 0 radical (unpaired) electrons. The molecule has 0 unspecified atom stereocenters. The molecule has 0 aliphatic carbocycles. The maximum atomic E-state index is 11.3. The van der Waals surface area contributed by atoms with E-state index in [0.29, 0.717) is 12.3 Å². The van der Waals surface area contributed by atoms with Crippen molar-refractivity contribution < 1.29 is 8.42 Å². The van der Waals surface area contributed by atoms with Crippen LogP contribution in [-0.4, -0.2) is 14.3 Å². The van der Waals surface area contributed by atoms with E-state index in [1.165, 1.54) is 18.3 Å². The van der Waals surface area contributed by atoms with Gasteiger partial charge in [-0.3, -0.25) is 0 Å². The Bertz CT molecular complexity index is 462. The van der Waals surface area contributed by atoms with Crippen molar-refractivity contribution in [2.75, 3.05) is 5.88 Å². The van der Waals surface area contributed by atoms with E-state index < -0.39 is 10.0 Å². The molecule has 1 aromatic carbocycles. The van der Waals surface area contributed by atoms with Crippen LogP contribution in [0, 0.1) is 11.5 Å². The van der Waals surface area contributed by atoms with Gasteiger partial charge in [0, 0.05) is 5.88 Å². The third-order valence-electron chi connectivity index (χ3n) is 1.80. The number of hydrogen-bond acceptors (Lipinski definition) is 3. The molecule has 1 rings (SSSR count). The molecule has 0 bridgehead atoms. The lowest BCUT2D eigenvalue weighted by Crippen LogP contribution is -2.17. The van der Waals surface area contributed by atoms with Gasteiger partial charge in [0.15, 0.2) is 6.19 Å². The van der Waals surface area contributed by atoms with Gasteiger partial charge in [-0.2, -0.15) is 5.26 Å². The monoisotopic (exact) mass is 244 g/mol. The van der Waals surface area contributed by atoms with E-state index >= 15 is 0 Å². The van der Waals surface area contributed by atoms with Crippen molar-refractivity contribution in [2.45, 2.75) is 11.3 Å². The molecule has 15 heavy (non-hydrogen) atoms. The molecule has 80 valence electrons. The number of halogens is 1. The van der Waals surface area contributed by atoms with Gasteiger partial charge in [-0.25, -0.2) is 13.1 Å². The molecular formula is C9H9ClN2O2S. The second-order valence-electron chi connectivity index (χ2n) is 2.80. The van der Waals surface area contributed by atoms with Crippen LogP contribution in [0.1, 0.15) is 5.56 Å². The number of hydrogen-bond donors (Lipinski definition) is 1. The summed E-state index contributed by atoms with van der Waals surface area (Å²) in [5.41, 5.74) is 0.959. The molecule has 0 aliphatic heterocycles. The predicted molar refractivity (Wildman–Crippen MR) is 56.8 cm³/mol. The molecule has 0 spiro atoms. The minimum atomic E-state index is -3.69. The molecule has 0 aliphatic rings. The molecule has 1 N–H and O–H groups in total. The normalized spacial score (nSPS) is 10.7. The average Bonchev–Trinajstić information content (AvgIpc) is 2.19. The first-order chi connectivity index (χ1) is 7.10. The van der Waals surface area contributed by atoms with E-state index in [0.717, 1.165) is 5.56 Å². The van der Waals surface area contributed by atoms with Crippen LogP contribution in [-0.2, 0) is 16.4 Å². The molecular weight excluding hydrogens is 236 g/mol. The summed E-state index contributed by atoms with van der Waals surface area (Å²) in [5, 5.41) is 8.24. The number of nitrogens with zero attached hydrogens (tertiary/aromatic N) is 1. The van der Waals surface area contributed by atoms with Crippen LogP contribution in [0.4, 0.5) is 0 Å². The lowest BCUT2D eigenvalue weighted by molar-refractivity contribution is 0.591. The summed E-state index contributed by atoms with van der Waals surface area (Å²) >= 11 is 5.54. The van der Waals surface area contributed by atoms with E-state index in [2.05, 4.69) is 0 Å². The van der Waals surface area contributed by atoms with Gasteiger partial charge in [0.25, 0.3) is 10.0 Å². The molecule has 0 heterocycles. The van der Waals surface area contributed by atoms with Gasteiger partial charge in [-0.05, 0) is 24.1 Å². The van der Waals surface area contributed by atoms with E-state index in [9.17, 15) is 8.42 Å². The summed E-state index contributed by atoms with van der Waals surface area (Å²) < 4.78 is 24.4. The molecule has 0 fully saturated rings. The zero-order valence-corrected chi connectivity index (χ0v) is 9.35. The number of alkyl halides is 1. The van der Waals surface area contributed by atoms with E-state index in [1.54, 1.807) is 16.9 Å². The minimum absolute atomic E-state index is 0.0716. The zero-order chi connectivity index (χ0) is 11.3. The summed E-state index contributed by atoms with van der Waals surface area (Å²) in [6.07, 6.45) is 2.08. The summed E-state index contributed by atoms with van der Waals surface area (Å²) in [5.74, 6) is 0.489. The molecule has 1 aromatic rings. The van der Waals surface area contributed by atoms with Crippen LogP contribution < -0.4 is 4.72 Å². The lowest BCUT2D eigenvalue weighted by Gasteiger charge is -2.02. The van der Waals surface area contributed by atoms with Crippen molar-refractivity contribution >= 4 is 21.6 Å². The summed E-state index contributed by atoms with van der Waals surface area (Å²) in [4.78, 5) is 0.0716. The maximum absolute atomic E-state index is 11.3. The third-order valence-corrected chi connectivity index (χ3v) is 3.24. The average molecular weight is 245 g/mol. The molecule has 0 atom stereocenters. The Morgan fingerprint density at radius 3 is 2.40 bits per heavy atom. The Labute approximate surface area is 93.5 Å². The number of nitriles is 1. The van der Waals surface area contributed by atoms with Crippen LogP contribution >= 0.6 is 11.6 Å². The van der Waals surface area contributed by atoms with Gasteiger partial charge >= 0.3 is 0 Å². The summed E-state index contributed by atoms with van der Waals surface area (Å²) in [6.45, 7) is 0. The van der Waals surface area contributed by atoms with E-state index in [4.69, 9.17) is 16.9 Å². The van der Waals surface area contributed by atoms with Crippen LogP contribution in [0.3, 0.4) is 0 Å². The maximum Gasteiger partial charge on any atom is 0.270 e. The number of nitrogens with one attached hydrogen (secondary N) is 1. The van der Waals surface area contributed by atoms with Crippen molar-refractivity contribution in [2.24, 2.45) is 0 Å². The highest BCUT2D eigenvalue weighted by Gasteiger charge is 2.11. The van der Waals surface area contributed by atoms with Crippen LogP contribution in [0.15, 0.2) is 29.2 Å². The first-order valence-electron chi connectivity index (χ1n) is 4.16. The number of sulfonamides is 1. The Morgan fingerprint density at radius 1 is 1.33 bits per heavy atom. The second kappa shape index (κ2) is 5.01. The molecule has 0 aromatic heterocycles. The zero-order valence-electron chi connectivity index (χ0n) is 7.77. The Kier molecular flexibility index (Phi) is 3.95. The fourth-order valence-corrected chi connectivity index (χ4v) is 2.01. The Balaban J connectivity index is 2.95. The van der Waals surface area contributed by atoms with Crippen LogP contribution in [0.5, 0.6) is 0 Å². The van der Waals surface area contributed by atoms with Gasteiger partial charge in [0.05, 0.1) is 4.90 Å². The molecule has 6 heteroatoms. The second-order valence-corrected chi connectivity index (χ2v) is 4.86. The smallest absolute Gasteiger partial charge is 0.215 e. The van der Waals surface area contributed by atoms with Crippen molar-refractivity contribution in [3.8, 4) is 6.19 Å². The van der Waals surface area contributed by atoms with Gasteiger partial charge < -0.3 is 0 Å². The van der Waals surface area contributed by atoms with Gasteiger partial charge in [-0.1, -0.05) is 12.1 Å². The molecule has 0 saturated heterocycles. The molecule has 4 nitrogen and oxygen atoms in total. The molecule has 0 saturated carbocycles. The molecule has 0 amide bonds. The minimum Gasteiger partial charge on any atom is -0.215 e. The van der Waals surface area contributed by atoms with Crippen molar-refractivity contribution in [1.29, 1.82) is 5.26 Å². The van der Waals surface area contributed by atoms with Crippen LogP contribution in [0.2, 0.25) is 0 Å². The highest BCUT2D eigenvalue weighted by atomic mass is 35.5. The Hall–Kier alpha value is -1.25. The predicted octanol–water partition coefficient (Wildman–Crippen LogP) is 1.23. The van der Waals surface area contributed by atoms with Crippen molar-refractivity contribution in [1.82, 2.24) is 4.72 Å². The van der Waals surface area contributed by atoms with Crippen molar-refractivity contribution in [3.63, 3.8) is 0 Å². The van der Waals surface area contributed by atoms with Crippen molar-refractivity contribution in [3.05, 3.63) is 29.8 Å². The topological polar surface area (TPSA) is 70.0 Å². The van der Waals surface area contributed by atoms with Gasteiger partial charge in [0.2, 0.25) is 0 Å². The highest BCUT2D eigenvalue weighted by molar-refractivity contribution is 7.89. The number of aryl methyl sites for hydroxylation is 1. The number of rotatable bonds is 4. The quantitative estimate of drug-likeness (QED) is 0.492. The summed E-state index contributed by atoms with van der Waals surface area (Å²) in [7, 11) is -3.69. The highest BCUT2D eigenvalue weighted by Crippen LogP contribution is 2.10. The SMILES string of the molecule is N#CNS(=O)(=O)c1ccc(CCCl)cc1. The van der Waals surface area contributed by atoms with Gasteiger partial charge in [-0.15, -0.1) is 11.6 Å². The Morgan fingerprint density at radius 2 is 1.93 bits per heavy atom. The van der Waals surface area contributed by atoms with E-state index in [1.807, 2.05) is 0 Å². The van der Waals surface area contributed by atoms with E-state index in [-0.39, 0.29) is 4.90 Å². The number of benzene rings is 1. The first-order valence-corrected chi connectivity index (χ1v) is 6.18. The first kappa shape index (κ1) is 11.8. The standard InChI is InChI=1S/C9H9ClN2O2S/c10-6-5-8-1-3-9(4-2-8)15(13,14)12-7-11/h1-4,12H,5-6H2. The lowest BCUT2D eigenvalue weighted by atomic mass is 10.2. The van der Waals surface area contributed by atoms with Crippen LogP contribution in [0.25, 0.3) is 0 Å². The largest absolute Gasteiger partial charge is 0.270 e. The van der Waals surface area contributed by atoms with Gasteiger partial charge in [0.1, 0.15) is 0 Å². The fourth-order valence-electron chi connectivity index (χ4n) is 1.06. The fraction of sp³-hybridized carbons (Fsp3) is 0.222.